The van der Waals surface area contributed by atoms with E-state index in [1.54, 1.807) is 19.3 Å². The maximum Gasteiger partial charge on any atom is 0.274 e. The van der Waals surface area contributed by atoms with Gasteiger partial charge in [0.05, 0.1) is 6.20 Å². The molecule has 0 aliphatic heterocycles. The Balaban J connectivity index is 2.39. The van der Waals surface area contributed by atoms with E-state index in [1.165, 1.54) is 17.1 Å². The standard InChI is InChI=1S/C9H8BrN5O/c1-15-4-6(10)2-7(9(15)16)13-8-3-11-5-12-14-8/h2-5H,1H3,(H,13,14). The van der Waals surface area contributed by atoms with Crippen molar-refractivity contribution in [2.45, 2.75) is 0 Å². The van der Waals surface area contributed by atoms with Crippen molar-refractivity contribution >= 4 is 27.4 Å². The molecule has 0 fully saturated rings. The van der Waals surface area contributed by atoms with Gasteiger partial charge in [-0.3, -0.25) is 4.79 Å². The molecule has 82 valence electrons. The normalized spacial score (nSPS) is 10.1. The van der Waals surface area contributed by atoms with Crippen LogP contribution in [-0.2, 0) is 7.05 Å². The fraction of sp³-hybridized carbons (Fsp3) is 0.111. The lowest BCUT2D eigenvalue weighted by atomic mass is 10.4. The van der Waals surface area contributed by atoms with Crippen LogP contribution in [0.1, 0.15) is 0 Å². The van der Waals surface area contributed by atoms with Crippen LogP contribution in [0.25, 0.3) is 0 Å². The van der Waals surface area contributed by atoms with Crippen LogP contribution < -0.4 is 10.9 Å². The van der Waals surface area contributed by atoms with Gasteiger partial charge in [0.1, 0.15) is 12.0 Å². The smallest absolute Gasteiger partial charge is 0.274 e. The Labute approximate surface area is 99.5 Å². The first kappa shape index (κ1) is 10.7. The van der Waals surface area contributed by atoms with Gasteiger partial charge in [-0.15, -0.1) is 10.2 Å². The fourth-order valence-electron chi connectivity index (χ4n) is 1.20. The highest BCUT2D eigenvalue weighted by Crippen LogP contribution is 2.14. The Bertz CT molecular complexity index is 554. The molecule has 0 aliphatic carbocycles. The van der Waals surface area contributed by atoms with Crippen LogP contribution in [0.4, 0.5) is 11.5 Å². The molecule has 2 rings (SSSR count). The molecule has 0 bridgehead atoms. The fourth-order valence-corrected chi connectivity index (χ4v) is 1.74. The van der Waals surface area contributed by atoms with Gasteiger partial charge in [-0.25, -0.2) is 4.98 Å². The SMILES string of the molecule is Cn1cc(Br)cc(Nc2cncnn2)c1=O. The lowest BCUT2D eigenvalue weighted by molar-refractivity contribution is 0.857. The minimum Gasteiger partial charge on any atom is -0.333 e. The van der Waals surface area contributed by atoms with E-state index in [0.717, 1.165) is 4.47 Å². The zero-order chi connectivity index (χ0) is 11.5. The lowest BCUT2D eigenvalue weighted by Crippen LogP contribution is -2.19. The van der Waals surface area contributed by atoms with Gasteiger partial charge >= 0.3 is 0 Å². The Hall–Kier alpha value is -1.76. The number of halogens is 1. The van der Waals surface area contributed by atoms with Crippen molar-refractivity contribution in [3.05, 3.63) is 39.6 Å². The van der Waals surface area contributed by atoms with E-state index in [9.17, 15) is 4.79 Å². The van der Waals surface area contributed by atoms with Gasteiger partial charge in [0, 0.05) is 17.7 Å². The predicted octanol–water partition coefficient (Wildman–Crippen LogP) is 1.08. The summed E-state index contributed by atoms with van der Waals surface area (Å²) >= 11 is 3.31. The average molecular weight is 282 g/mol. The van der Waals surface area contributed by atoms with Crippen molar-refractivity contribution in [2.24, 2.45) is 7.05 Å². The third kappa shape index (κ3) is 2.25. The molecule has 0 amide bonds. The summed E-state index contributed by atoms with van der Waals surface area (Å²) in [6.07, 6.45) is 4.50. The minimum atomic E-state index is -0.145. The highest BCUT2D eigenvalue weighted by atomic mass is 79.9. The number of aromatic nitrogens is 4. The van der Waals surface area contributed by atoms with Gasteiger partial charge in [0.15, 0.2) is 5.82 Å². The first-order valence-corrected chi connectivity index (χ1v) is 5.22. The Morgan fingerprint density at radius 2 is 2.31 bits per heavy atom. The summed E-state index contributed by atoms with van der Waals surface area (Å²) < 4.78 is 2.27. The van der Waals surface area contributed by atoms with E-state index in [2.05, 4.69) is 36.4 Å². The number of nitrogens with zero attached hydrogens (tertiary/aromatic N) is 4. The molecule has 0 unspecified atom stereocenters. The molecule has 16 heavy (non-hydrogen) atoms. The monoisotopic (exact) mass is 281 g/mol. The summed E-state index contributed by atoms with van der Waals surface area (Å²) in [5, 5.41) is 10.3. The Morgan fingerprint density at radius 3 is 3.00 bits per heavy atom. The lowest BCUT2D eigenvalue weighted by Gasteiger charge is -2.06. The maximum atomic E-state index is 11.7. The highest BCUT2D eigenvalue weighted by Gasteiger charge is 2.04. The van der Waals surface area contributed by atoms with Gasteiger partial charge < -0.3 is 9.88 Å². The second kappa shape index (κ2) is 4.40. The Kier molecular flexibility index (Phi) is 2.95. The zero-order valence-electron chi connectivity index (χ0n) is 8.38. The maximum absolute atomic E-state index is 11.7. The molecule has 0 saturated carbocycles. The number of hydrogen-bond donors (Lipinski definition) is 1. The molecule has 6 nitrogen and oxygen atoms in total. The molecule has 0 aromatic carbocycles. The quantitative estimate of drug-likeness (QED) is 0.892. The third-order valence-corrected chi connectivity index (χ3v) is 2.33. The van der Waals surface area contributed by atoms with Crippen molar-refractivity contribution in [2.75, 3.05) is 5.32 Å². The average Bonchev–Trinajstić information content (AvgIpc) is 2.27. The third-order valence-electron chi connectivity index (χ3n) is 1.89. The summed E-state index contributed by atoms with van der Waals surface area (Å²) in [5.74, 6) is 0.428. The minimum absolute atomic E-state index is 0.145. The van der Waals surface area contributed by atoms with Crippen LogP contribution in [-0.4, -0.2) is 19.7 Å². The predicted molar refractivity (Wildman–Crippen MR) is 62.5 cm³/mol. The number of rotatable bonds is 2. The van der Waals surface area contributed by atoms with Crippen molar-refractivity contribution in [1.82, 2.24) is 19.7 Å². The first-order chi connectivity index (χ1) is 7.66. The van der Waals surface area contributed by atoms with E-state index in [0.29, 0.717) is 11.5 Å². The molecule has 2 aromatic rings. The van der Waals surface area contributed by atoms with Crippen LogP contribution in [0.3, 0.4) is 0 Å². The molecule has 0 saturated heterocycles. The summed E-state index contributed by atoms with van der Waals surface area (Å²) in [5.41, 5.74) is 0.271. The van der Waals surface area contributed by atoms with Crippen LogP contribution in [0, 0.1) is 0 Å². The first-order valence-electron chi connectivity index (χ1n) is 4.43. The summed E-state index contributed by atoms with van der Waals surface area (Å²) in [6, 6.07) is 1.68. The Morgan fingerprint density at radius 1 is 1.50 bits per heavy atom. The number of hydrogen-bond acceptors (Lipinski definition) is 5. The van der Waals surface area contributed by atoms with Gasteiger partial charge in [0.2, 0.25) is 0 Å². The van der Waals surface area contributed by atoms with Gasteiger partial charge in [-0.05, 0) is 22.0 Å². The summed E-state index contributed by atoms with van der Waals surface area (Å²) in [4.78, 5) is 15.5. The van der Waals surface area contributed by atoms with E-state index < -0.39 is 0 Å². The summed E-state index contributed by atoms with van der Waals surface area (Å²) in [6.45, 7) is 0. The summed E-state index contributed by atoms with van der Waals surface area (Å²) in [7, 11) is 1.67. The molecular weight excluding hydrogens is 274 g/mol. The number of nitrogens with one attached hydrogen (secondary N) is 1. The van der Waals surface area contributed by atoms with E-state index in [4.69, 9.17) is 0 Å². The molecular formula is C9H8BrN5O. The van der Waals surface area contributed by atoms with Gasteiger partial charge in [0.25, 0.3) is 5.56 Å². The van der Waals surface area contributed by atoms with Crippen LogP contribution >= 0.6 is 15.9 Å². The van der Waals surface area contributed by atoms with Crippen molar-refractivity contribution in [1.29, 1.82) is 0 Å². The van der Waals surface area contributed by atoms with Crippen molar-refractivity contribution in [3.63, 3.8) is 0 Å². The molecule has 1 N–H and O–H groups in total. The number of anilines is 2. The number of aryl methyl sites for hydroxylation is 1. The van der Waals surface area contributed by atoms with Crippen LogP contribution in [0.5, 0.6) is 0 Å². The van der Waals surface area contributed by atoms with E-state index in [-0.39, 0.29) is 5.56 Å². The molecule has 0 spiro atoms. The molecule has 2 aromatic heterocycles. The van der Waals surface area contributed by atoms with E-state index in [1.807, 2.05) is 0 Å². The largest absolute Gasteiger partial charge is 0.333 e. The molecule has 2 heterocycles. The van der Waals surface area contributed by atoms with Crippen molar-refractivity contribution < 1.29 is 0 Å². The van der Waals surface area contributed by atoms with Gasteiger partial charge in [-0.1, -0.05) is 0 Å². The topological polar surface area (TPSA) is 72.7 Å². The number of pyridine rings is 1. The molecule has 7 heteroatoms. The van der Waals surface area contributed by atoms with Crippen LogP contribution in [0.15, 0.2) is 34.1 Å². The van der Waals surface area contributed by atoms with Crippen molar-refractivity contribution in [3.8, 4) is 0 Å². The molecule has 0 atom stereocenters. The van der Waals surface area contributed by atoms with Crippen LogP contribution in [0.2, 0.25) is 0 Å². The second-order valence-corrected chi connectivity index (χ2v) is 4.02. The molecule has 0 aliphatic rings. The van der Waals surface area contributed by atoms with E-state index >= 15 is 0 Å². The second-order valence-electron chi connectivity index (χ2n) is 3.11. The van der Waals surface area contributed by atoms with Gasteiger partial charge in [-0.2, -0.15) is 0 Å². The zero-order valence-corrected chi connectivity index (χ0v) is 9.97. The molecule has 0 radical (unpaired) electrons. The highest BCUT2D eigenvalue weighted by molar-refractivity contribution is 9.10.